The van der Waals surface area contributed by atoms with E-state index < -0.39 is 29.9 Å². The third kappa shape index (κ3) is 10.4. The lowest BCUT2D eigenvalue weighted by Gasteiger charge is -2.59. The Morgan fingerprint density at radius 2 is 1.76 bits per heavy atom. The van der Waals surface area contributed by atoms with Gasteiger partial charge >= 0.3 is 12.2 Å². The van der Waals surface area contributed by atoms with E-state index in [2.05, 4.69) is 18.0 Å². The molecule has 0 bridgehead atoms. The highest BCUT2D eigenvalue weighted by Crippen LogP contribution is 2.62. The second-order valence-corrected chi connectivity index (χ2v) is 16.4. The van der Waals surface area contributed by atoms with E-state index in [-0.39, 0.29) is 76.4 Å². The normalized spacial score (nSPS) is 23.4. The molecule has 14 nitrogen and oxygen atoms in total. The summed E-state index contributed by atoms with van der Waals surface area (Å²) in [5.41, 5.74) is 3.99. The number of aliphatic hydroxyl groups is 2. The molecule has 7 rings (SSSR count). The zero-order chi connectivity index (χ0) is 44.2. The minimum absolute atomic E-state index is 0.00934. The highest BCUT2D eigenvalue weighted by molar-refractivity contribution is 6.18. The van der Waals surface area contributed by atoms with Crippen LogP contribution in [0.25, 0.3) is 0 Å². The molecule has 0 aromatic heterocycles. The lowest BCUT2D eigenvalue weighted by Crippen LogP contribution is -2.70. The predicted molar refractivity (Wildman–Crippen MR) is 236 cm³/mol. The van der Waals surface area contributed by atoms with Crippen molar-refractivity contribution in [1.29, 1.82) is 0 Å². The highest BCUT2D eigenvalue weighted by Gasteiger charge is 2.65. The first-order valence-electron chi connectivity index (χ1n) is 21.9. The number of benzene rings is 3. The number of ether oxygens (including phenoxy) is 6. The van der Waals surface area contributed by atoms with E-state index in [1.807, 2.05) is 61.5 Å². The molecule has 0 saturated heterocycles. The molecule has 3 N–H and O–H groups in total. The van der Waals surface area contributed by atoms with Gasteiger partial charge < -0.3 is 48.8 Å². The van der Waals surface area contributed by atoms with Gasteiger partial charge in [0.2, 0.25) is 12.6 Å². The fraction of sp³-hybridized carbons (Fsp3) is 0.479. The van der Waals surface area contributed by atoms with Crippen molar-refractivity contribution in [2.75, 3.05) is 45.7 Å². The molecule has 2 amide bonds. The number of halogens is 1. The molecule has 2 heterocycles. The maximum atomic E-state index is 14.5. The van der Waals surface area contributed by atoms with Crippen molar-refractivity contribution < 1.29 is 53.1 Å². The molecule has 2 aliphatic carbocycles. The van der Waals surface area contributed by atoms with E-state index in [1.165, 1.54) is 0 Å². The summed E-state index contributed by atoms with van der Waals surface area (Å²) in [6.07, 6.45) is 7.13. The number of carbonyl (C=O) groups is 2. The summed E-state index contributed by atoms with van der Waals surface area (Å²) >= 11 is 6.09. The van der Waals surface area contributed by atoms with Crippen LogP contribution in [0.5, 0.6) is 23.0 Å². The first kappa shape index (κ1) is 45.7. The number of unbranched alkanes of at least 4 members (excludes halogenated alkanes) is 2. The van der Waals surface area contributed by atoms with Crippen LogP contribution < -0.4 is 24.3 Å². The Balaban J connectivity index is 1.39. The van der Waals surface area contributed by atoms with Crippen LogP contribution in [0.15, 0.2) is 96.2 Å². The van der Waals surface area contributed by atoms with Crippen molar-refractivity contribution in [3.63, 3.8) is 0 Å². The summed E-state index contributed by atoms with van der Waals surface area (Å²) in [6, 6.07) is 19.6. The van der Waals surface area contributed by atoms with Gasteiger partial charge in [0.15, 0.2) is 11.5 Å². The summed E-state index contributed by atoms with van der Waals surface area (Å²) in [4.78, 5) is 35.3. The molecular weight excluding hydrogens is 830 g/mol. The van der Waals surface area contributed by atoms with Crippen LogP contribution in [-0.2, 0) is 27.4 Å². The monoisotopic (exact) mass is 887 g/mol. The largest absolute Gasteiger partial charge is 0.459 e. The van der Waals surface area contributed by atoms with E-state index in [9.17, 15) is 19.8 Å². The third-order valence-corrected chi connectivity index (χ3v) is 12.3. The number of oxime groups is 1. The quantitative estimate of drug-likeness (QED) is 0.0408. The second-order valence-electron chi connectivity index (χ2n) is 16.0. The number of aliphatic hydroxyl groups excluding tert-OH is 2. The highest BCUT2D eigenvalue weighted by atomic mass is 35.5. The van der Waals surface area contributed by atoms with Gasteiger partial charge in [0, 0.05) is 44.2 Å². The fourth-order valence-electron chi connectivity index (χ4n) is 9.51. The van der Waals surface area contributed by atoms with Crippen LogP contribution in [-0.4, -0.2) is 90.5 Å². The first-order chi connectivity index (χ1) is 30.8. The van der Waals surface area contributed by atoms with Gasteiger partial charge in [0.25, 0.3) is 0 Å². The summed E-state index contributed by atoms with van der Waals surface area (Å²) < 4.78 is 37.4. The van der Waals surface area contributed by atoms with E-state index >= 15 is 0 Å². The smallest absolute Gasteiger partial charge is 0.412 e. The molecule has 3 aromatic rings. The Morgan fingerprint density at radius 1 is 0.984 bits per heavy atom. The van der Waals surface area contributed by atoms with E-state index in [1.54, 1.807) is 23.1 Å². The van der Waals surface area contributed by atoms with Crippen LogP contribution in [0.4, 0.5) is 9.59 Å². The molecule has 6 atom stereocenters. The fourth-order valence-corrected chi connectivity index (χ4v) is 9.59. The molecule has 0 spiro atoms. The molecule has 3 aromatic carbocycles. The summed E-state index contributed by atoms with van der Waals surface area (Å²) in [7, 11) is 0. The second kappa shape index (κ2) is 21.9. The third-order valence-electron chi connectivity index (χ3n) is 12.1. The van der Waals surface area contributed by atoms with Crippen molar-refractivity contribution >= 4 is 29.5 Å². The van der Waals surface area contributed by atoms with Gasteiger partial charge in [-0.25, -0.2) is 9.59 Å². The number of nitrogens with one attached hydrogen (secondary N) is 1. The maximum Gasteiger partial charge on any atom is 0.412 e. The Kier molecular flexibility index (Phi) is 15.9. The van der Waals surface area contributed by atoms with Gasteiger partial charge in [-0.3, -0.25) is 4.90 Å². The number of rotatable bonds is 21. The average molecular weight is 888 g/mol. The van der Waals surface area contributed by atoms with Gasteiger partial charge in [0.05, 0.1) is 24.1 Å². The minimum Gasteiger partial charge on any atom is -0.459 e. The number of amides is 2. The van der Waals surface area contributed by atoms with Crippen LogP contribution in [0, 0.1) is 17.8 Å². The zero-order valence-corrected chi connectivity index (χ0v) is 36.5. The van der Waals surface area contributed by atoms with Crippen LogP contribution in [0.2, 0.25) is 0 Å². The minimum atomic E-state index is -1.54. The molecule has 0 radical (unpaired) electrons. The molecular formula is C48H58ClN3O11. The summed E-state index contributed by atoms with van der Waals surface area (Å²) in [5.74, 6) is -0.408. The molecule has 1 fully saturated rings. The van der Waals surface area contributed by atoms with Gasteiger partial charge in [-0.15, -0.1) is 18.2 Å². The Labute approximate surface area is 373 Å². The van der Waals surface area contributed by atoms with Gasteiger partial charge in [-0.1, -0.05) is 66.5 Å². The molecule has 1 saturated carbocycles. The lowest BCUT2D eigenvalue weighted by atomic mass is 9.55. The van der Waals surface area contributed by atoms with Crippen molar-refractivity contribution in [2.45, 2.75) is 82.7 Å². The number of hydrogen-bond donors (Lipinski definition) is 3. The number of carbonyl (C=O) groups excluding carboxylic acids is 2. The number of nitrogens with zero attached hydrogens (tertiary/aromatic N) is 2. The van der Waals surface area contributed by atoms with Crippen molar-refractivity contribution in [2.24, 2.45) is 22.9 Å². The number of alkyl halides is 1. The van der Waals surface area contributed by atoms with E-state index in [0.29, 0.717) is 48.2 Å². The van der Waals surface area contributed by atoms with Gasteiger partial charge in [0.1, 0.15) is 30.8 Å². The molecule has 0 unspecified atom stereocenters. The van der Waals surface area contributed by atoms with Crippen LogP contribution >= 0.6 is 11.6 Å². The standard InChI is InChI=1S/C48H58ClN3O11/c1-3-23-60-48-43(52(47(56)57-24-20-49)30-33-16-18-41-42(25-33)59-31-58-41)28-39(51-61-4-2)37-26-34(14-8-10-21-53)36(15-9-11-22-54)44(45(37)48)38-27-35(17-19-40(38)63-48)62-46(55)50-29-32-12-6-5-7-13-32/h3,5-7,12-13,16-19,25-27,34,36,43-45,53-54H,1,4,8-11,14-15,20-24,28-31H2,2H3,(H,50,55)/t34-,36+,43-,44+,45+,48+/m0/s1. The lowest BCUT2D eigenvalue weighted by molar-refractivity contribution is -0.256. The molecule has 63 heavy (non-hydrogen) atoms. The Hall–Kier alpha value is -5.28. The van der Waals surface area contributed by atoms with E-state index in [0.717, 1.165) is 47.9 Å². The maximum absolute atomic E-state index is 14.5. The number of fused-ring (bicyclic) bond motifs is 3. The molecule has 2 aliphatic heterocycles. The summed E-state index contributed by atoms with van der Waals surface area (Å²) in [5, 5.41) is 27.4. The Bertz CT molecular complexity index is 2100. The van der Waals surface area contributed by atoms with Crippen molar-refractivity contribution in [1.82, 2.24) is 10.2 Å². The Morgan fingerprint density at radius 3 is 2.52 bits per heavy atom. The molecule has 4 aliphatic rings. The number of hydrogen-bond acceptors (Lipinski definition) is 12. The average Bonchev–Trinajstić information content (AvgIpc) is 3.78. The molecule has 338 valence electrons. The topological polar surface area (TPSA) is 167 Å². The molecule has 15 heteroatoms. The van der Waals surface area contributed by atoms with Crippen molar-refractivity contribution in [3.8, 4) is 23.0 Å². The van der Waals surface area contributed by atoms with Crippen LogP contribution in [0.3, 0.4) is 0 Å². The van der Waals surface area contributed by atoms with Crippen LogP contribution in [0.1, 0.15) is 74.5 Å². The zero-order valence-electron chi connectivity index (χ0n) is 35.8. The van der Waals surface area contributed by atoms with E-state index in [4.69, 9.17) is 50.0 Å². The van der Waals surface area contributed by atoms with Gasteiger partial charge in [-0.2, -0.15) is 0 Å². The SMILES string of the molecule is C=CCO[C@@]12Oc3ccc(OC(=O)NCc4ccccc4)cc3[C@H]3[C@H](CCCCO)[C@@H](CCCCO)C=C(C(=NOCC)C[C@@H]1N(Cc1ccc4c(c1)OCO4)C(=O)OCCCl)[C@H]32. The summed E-state index contributed by atoms with van der Waals surface area (Å²) in [6.45, 7) is 6.80. The number of allylic oxidation sites excluding steroid dienone is 1. The van der Waals surface area contributed by atoms with Crippen molar-refractivity contribution in [3.05, 3.63) is 108 Å². The first-order valence-corrected chi connectivity index (χ1v) is 22.4. The predicted octanol–water partition coefficient (Wildman–Crippen LogP) is 8.24. The van der Waals surface area contributed by atoms with Gasteiger partial charge in [-0.05, 0) is 91.5 Å².